The number of hydrogen-bond acceptors (Lipinski definition) is 6. The first-order chi connectivity index (χ1) is 12.1. The molecule has 0 aliphatic heterocycles. The lowest BCUT2D eigenvalue weighted by Crippen LogP contribution is -2.07. The summed E-state index contributed by atoms with van der Waals surface area (Å²) >= 11 is 3.12. The van der Waals surface area contributed by atoms with Gasteiger partial charge in [0, 0.05) is 10.0 Å². The van der Waals surface area contributed by atoms with E-state index >= 15 is 0 Å². The molecule has 6 nitrogen and oxygen atoms in total. The summed E-state index contributed by atoms with van der Waals surface area (Å²) in [6.45, 7) is -0.164. The van der Waals surface area contributed by atoms with Gasteiger partial charge in [-0.25, -0.2) is 9.18 Å². The second-order valence-corrected chi connectivity index (χ2v) is 5.80. The van der Waals surface area contributed by atoms with Gasteiger partial charge in [-0.15, -0.1) is 0 Å². The monoisotopic (exact) mass is 406 g/mol. The highest BCUT2D eigenvalue weighted by atomic mass is 79.9. The fourth-order valence-corrected chi connectivity index (χ4v) is 2.54. The third-order valence-electron chi connectivity index (χ3n) is 3.29. The van der Waals surface area contributed by atoms with Crippen LogP contribution in [-0.2, 0) is 11.3 Å². The van der Waals surface area contributed by atoms with E-state index < -0.39 is 11.8 Å². The van der Waals surface area contributed by atoms with Crippen molar-refractivity contribution < 1.29 is 23.2 Å². The van der Waals surface area contributed by atoms with Gasteiger partial charge in [-0.05, 0) is 58.4 Å². The Morgan fingerprint density at radius 2 is 2.00 bits per heavy atom. The third-order valence-corrected chi connectivity index (χ3v) is 3.94. The topological polar surface area (TPSA) is 74.5 Å². The Hall–Kier alpha value is -2.74. The number of esters is 1. The van der Waals surface area contributed by atoms with Gasteiger partial charge >= 0.3 is 5.97 Å². The van der Waals surface area contributed by atoms with Crippen LogP contribution in [0.4, 0.5) is 4.39 Å². The molecule has 0 atom stereocenters. The van der Waals surface area contributed by atoms with E-state index in [-0.39, 0.29) is 18.0 Å². The molecule has 0 N–H and O–H groups in total. The molecule has 0 aliphatic carbocycles. The van der Waals surface area contributed by atoms with Crippen molar-refractivity contribution in [1.29, 1.82) is 0 Å². The minimum absolute atomic E-state index is 0.164. The Bertz CT molecular complexity index is 896. The molecule has 0 saturated heterocycles. The molecular formula is C17H12BrFN2O4. The summed E-state index contributed by atoms with van der Waals surface area (Å²) in [6, 6.07) is 10.8. The second-order valence-electron chi connectivity index (χ2n) is 4.94. The third kappa shape index (κ3) is 4.03. The van der Waals surface area contributed by atoms with E-state index in [1.807, 2.05) is 0 Å². The number of ether oxygens (including phenoxy) is 2. The zero-order valence-electron chi connectivity index (χ0n) is 13.0. The normalized spacial score (nSPS) is 10.5. The number of aromatic nitrogens is 2. The van der Waals surface area contributed by atoms with Crippen LogP contribution in [0.15, 0.2) is 51.5 Å². The van der Waals surface area contributed by atoms with Gasteiger partial charge in [-0.3, -0.25) is 0 Å². The maximum Gasteiger partial charge on any atom is 0.339 e. The molecule has 3 aromatic rings. The number of carbonyl (C=O) groups excluding carboxylic acids is 1. The summed E-state index contributed by atoms with van der Waals surface area (Å²) in [5.41, 5.74) is 0.924. The Kier molecular flexibility index (Phi) is 5.08. The van der Waals surface area contributed by atoms with Crippen molar-refractivity contribution in [2.24, 2.45) is 0 Å². The zero-order valence-corrected chi connectivity index (χ0v) is 14.6. The molecule has 1 aromatic heterocycles. The van der Waals surface area contributed by atoms with Gasteiger partial charge in [0.05, 0.1) is 12.7 Å². The maximum atomic E-state index is 13.1. The van der Waals surface area contributed by atoms with E-state index in [1.54, 1.807) is 31.4 Å². The van der Waals surface area contributed by atoms with E-state index in [2.05, 4.69) is 26.1 Å². The van der Waals surface area contributed by atoms with Crippen molar-refractivity contribution in [3.05, 3.63) is 64.1 Å². The average Bonchev–Trinajstić information content (AvgIpc) is 3.09. The second kappa shape index (κ2) is 7.43. The summed E-state index contributed by atoms with van der Waals surface area (Å²) < 4.78 is 28.7. The first kappa shape index (κ1) is 17.1. The molecule has 8 heteroatoms. The van der Waals surface area contributed by atoms with Gasteiger partial charge in [-0.1, -0.05) is 5.16 Å². The molecule has 128 valence electrons. The highest BCUT2D eigenvalue weighted by Gasteiger charge is 2.15. The van der Waals surface area contributed by atoms with E-state index in [1.165, 1.54) is 18.2 Å². The Labute approximate surface area is 150 Å². The summed E-state index contributed by atoms with van der Waals surface area (Å²) in [4.78, 5) is 16.2. The molecule has 3 rings (SSSR count). The standard InChI is InChI=1S/C17H12BrFN2O4/c1-23-12-5-2-10(3-6-12)16-20-15(21-25-16)9-24-17(22)13-7-4-11(19)8-14(13)18/h2-8H,9H2,1H3. The van der Waals surface area contributed by atoms with Crippen LogP contribution in [0.3, 0.4) is 0 Å². The molecule has 0 radical (unpaired) electrons. The van der Waals surface area contributed by atoms with Gasteiger partial charge in [0.2, 0.25) is 5.82 Å². The number of carbonyl (C=O) groups is 1. The first-order valence-electron chi connectivity index (χ1n) is 7.16. The molecule has 0 aliphatic rings. The molecule has 0 spiro atoms. The molecule has 2 aromatic carbocycles. The number of hydrogen-bond donors (Lipinski definition) is 0. The fourth-order valence-electron chi connectivity index (χ4n) is 2.03. The van der Waals surface area contributed by atoms with E-state index in [0.717, 1.165) is 0 Å². The lowest BCUT2D eigenvalue weighted by molar-refractivity contribution is 0.0458. The molecule has 0 unspecified atom stereocenters. The van der Waals surface area contributed by atoms with Crippen molar-refractivity contribution >= 4 is 21.9 Å². The van der Waals surface area contributed by atoms with Gasteiger partial charge in [-0.2, -0.15) is 4.98 Å². The summed E-state index contributed by atoms with van der Waals surface area (Å²) in [5.74, 6) is 0.157. The molecule has 0 bridgehead atoms. The number of methoxy groups -OCH3 is 1. The van der Waals surface area contributed by atoms with E-state index in [0.29, 0.717) is 21.7 Å². The SMILES string of the molecule is COc1ccc(-c2nc(COC(=O)c3ccc(F)cc3Br)no2)cc1. The predicted molar refractivity (Wildman–Crippen MR) is 89.5 cm³/mol. The maximum absolute atomic E-state index is 13.1. The van der Waals surface area contributed by atoms with Gasteiger partial charge in [0.15, 0.2) is 6.61 Å². The van der Waals surface area contributed by atoms with Crippen molar-refractivity contribution in [1.82, 2.24) is 10.1 Å². The van der Waals surface area contributed by atoms with Crippen LogP contribution in [0.1, 0.15) is 16.2 Å². The highest BCUT2D eigenvalue weighted by molar-refractivity contribution is 9.10. The Morgan fingerprint density at radius 1 is 1.24 bits per heavy atom. The summed E-state index contributed by atoms with van der Waals surface area (Å²) in [7, 11) is 1.58. The zero-order chi connectivity index (χ0) is 17.8. The predicted octanol–water partition coefficient (Wildman–Crippen LogP) is 4.00. The number of rotatable bonds is 5. The van der Waals surface area contributed by atoms with Gasteiger partial charge in [0.1, 0.15) is 11.6 Å². The van der Waals surface area contributed by atoms with Crippen molar-refractivity contribution in [2.45, 2.75) is 6.61 Å². The number of benzene rings is 2. The van der Waals surface area contributed by atoms with Gasteiger partial charge < -0.3 is 14.0 Å². The molecular weight excluding hydrogens is 395 g/mol. The minimum atomic E-state index is -0.623. The average molecular weight is 407 g/mol. The molecule has 0 saturated carbocycles. The number of nitrogens with zero attached hydrogens (tertiary/aromatic N) is 2. The molecule has 0 fully saturated rings. The van der Waals surface area contributed by atoms with Crippen molar-refractivity contribution in [2.75, 3.05) is 7.11 Å². The van der Waals surface area contributed by atoms with Crippen LogP contribution >= 0.6 is 15.9 Å². The first-order valence-corrected chi connectivity index (χ1v) is 7.95. The summed E-state index contributed by atoms with van der Waals surface area (Å²) in [5, 5.41) is 3.77. The largest absolute Gasteiger partial charge is 0.497 e. The number of halogens is 2. The van der Waals surface area contributed by atoms with Crippen LogP contribution in [-0.4, -0.2) is 23.2 Å². The van der Waals surface area contributed by atoms with Crippen LogP contribution < -0.4 is 4.74 Å². The lowest BCUT2D eigenvalue weighted by atomic mass is 10.2. The molecule has 25 heavy (non-hydrogen) atoms. The van der Waals surface area contributed by atoms with Crippen LogP contribution in [0.5, 0.6) is 5.75 Å². The molecule has 1 heterocycles. The van der Waals surface area contributed by atoms with E-state index in [9.17, 15) is 9.18 Å². The van der Waals surface area contributed by atoms with Gasteiger partial charge in [0.25, 0.3) is 5.89 Å². The van der Waals surface area contributed by atoms with Crippen LogP contribution in [0.2, 0.25) is 0 Å². The highest BCUT2D eigenvalue weighted by Crippen LogP contribution is 2.22. The van der Waals surface area contributed by atoms with E-state index in [4.69, 9.17) is 14.0 Å². The fraction of sp³-hybridized carbons (Fsp3) is 0.118. The van der Waals surface area contributed by atoms with Crippen molar-refractivity contribution in [3.63, 3.8) is 0 Å². The smallest absolute Gasteiger partial charge is 0.339 e. The minimum Gasteiger partial charge on any atom is -0.497 e. The lowest BCUT2D eigenvalue weighted by Gasteiger charge is -2.04. The Morgan fingerprint density at radius 3 is 2.68 bits per heavy atom. The Balaban J connectivity index is 1.66. The molecule has 0 amide bonds. The van der Waals surface area contributed by atoms with Crippen molar-refractivity contribution in [3.8, 4) is 17.2 Å². The quantitative estimate of drug-likeness (QED) is 0.596. The van der Waals surface area contributed by atoms with Crippen LogP contribution in [0.25, 0.3) is 11.5 Å². The van der Waals surface area contributed by atoms with Crippen LogP contribution in [0, 0.1) is 5.82 Å². The summed E-state index contributed by atoms with van der Waals surface area (Å²) in [6.07, 6.45) is 0.